The van der Waals surface area contributed by atoms with Gasteiger partial charge in [0.2, 0.25) is 5.91 Å². The molecule has 3 N–H and O–H groups in total. The van der Waals surface area contributed by atoms with Crippen LogP contribution < -0.4 is 15.4 Å². The van der Waals surface area contributed by atoms with Crippen LogP contribution in [-0.4, -0.2) is 61.9 Å². The molecule has 2 amide bonds. The molecule has 0 bridgehead atoms. The fourth-order valence-electron chi connectivity index (χ4n) is 3.61. The molecule has 0 aromatic carbocycles. The largest absolute Gasteiger partial charge is 0.487 e. The Morgan fingerprint density at radius 2 is 2.16 bits per heavy atom. The zero-order valence-corrected chi connectivity index (χ0v) is 16.9. The number of nitrogens with zero attached hydrogens (tertiary/aromatic N) is 4. The Morgan fingerprint density at radius 3 is 2.84 bits per heavy atom. The number of fused-ring (bicyclic) bond motifs is 1. The average molecular weight is 426 g/mol. The number of ether oxygens (including phenoxy) is 2. The lowest BCUT2D eigenvalue weighted by Gasteiger charge is -2.40. The third-order valence-corrected chi connectivity index (χ3v) is 5.47. The number of amides is 2. The summed E-state index contributed by atoms with van der Waals surface area (Å²) in [6, 6.07) is 5.63. The van der Waals surface area contributed by atoms with Gasteiger partial charge < -0.3 is 25.2 Å². The van der Waals surface area contributed by atoms with E-state index in [-0.39, 0.29) is 31.6 Å². The van der Waals surface area contributed by atoms with Gasteiger partial charge in [-0.3, -0.25) is 9.48 Å². The van der Waals surface area contributed by atoms with Crippen molar-refractivity contribution >= 4 is 23.3 Å². The van der Waals surface area contributed by atoms with Crippen LogP contribution in [0.4, 0.5) is 10.6 Å². The van der Waals surface area contributed by atoms with Crippen LogP contribution in [0.5, 0.6) is 5.75 Å². The number of nitrogens with one attached hydrogen (secondary N) is 2. The van der Waals surface area contributed by atoms with E-state index in [4.69, 9.17) is 14.6 Å². The number of anilines is 1. The van der Waals surface area contributed by atoms with Crippen LogP contribution in [0, 0.1) is 5.92 Å². The Balaban J connectivity index is 1.37. The lowest BCUT2D eigenvalue weighted by Crippen LogP contribution is -2.65. The minimum atomic E-state index is -1.12. The Morgan fingerprint density at radius 1 is 1.35 bits per heavy atom. The van der Waals surface area contributed by atoms with E-state index in [1.165, 1.54) is 0 Å². The smallest absolute Gasteiger partial charge is 0.405 e. The van der Waals surface area contributed by atoms with Crippen LogP contribution in [0.25, 0.3) is 16.8 Å². The lowest BCUT2D eigenvalue weighted by molar-refractivity contribution is -0.117. The molecular formula is C20H22N6O5. The molecule has 11 heteroatoms. The summed E-state index contributed by atoms with van der Waals surface area (Å²) >= 11 is 0. The molecule has 1 aliphatic heterocycles. The number of carboxylic acid groups (broad SMARTS) is 1. The third kappa shape index (κ3) is 3.79. The van der Waals surface area contributed by atoms with Crippen LogP contribution in [0.1, 0.15) is 12.8 Å². The Labute approximate surface area is 176 Å². The number of aromatic nitrogens is 4. The maximum Gasteiger partial charge on any atom is 0.405 e. The fourth-order valence-corrected chi connectivity index (χ4v) is 3.61. The summed E-state index contributed by atoms with van der Waals surface area (Å²) in [7, 11) is 1.81. The number of rotatable bonds is 7. The van der Waals surface area contributed by atoms with Gasteiger partial charge in [-0.2, -0.15) is 10.2 Å². The highest BCUT2D eigenvalue weighted by molar-refractivity contribution is 5.93. The predicted molar refractivity (Wildman–Crippen MR) is 109 cm³/mol. The first-order valence-electron chi connectivity index (χ1n) is 9.97. The highest BCUT2D eigenvalue weighted by Gasteiger charge is 2.41. The normalized spacial score (nSPS) is 17.2. The highest BCUT2D eigenvalue weighted by atomic mass is 16.5. The second-order valence-electron chi connectivity index (χ2n) is 8.05. The van der Waals surface area contributed by atoms with Crippen molar-refractivity contribution in [3.63, 3.8) is 0 Å². The standard InChI is InChI=1S/C20H22N6O5/c1-25-17(15(8-21-25)31-11-20(9-30-10-20)23-19(28)29)13-4-5-26-14(6-13)7-16(24-26)22-18(27)12-2-3-12/h4-8,12,23H,2-3,9-11H2,1H3,(H,28,29)(H,22,24,27). The summed E-state index contributed by atoms with van der Waals surface area (Å²) in [5.74, 6) is 1.17. The van der Waals surface area contributed by atoms with E-state index in [1.54, 1.807) is 15.4 Å². The van der Waals surface area contributed by atoms with E-state index < -0.39 is 11.6 Å². The molecule has 1 aliphatic carbocycles. The van der Waals surface area contributed by atoms with Crippen molar-refractivity contribution in [1.29, 1.82) is 0 Å². The molecule has 4 heterocycles. The zero-order valence-electron chi connectivity index (χ0n) is 16.9. The maximum absolute atomic E-state index is 12.0. The number of aryl methyl sites for hydroxylation is 1. The SMILES string of the molecule is Cn1ncc(OCC2(NC(=O)O)COC2)c1-c1ccn2nc(NC(=O)C3CC3)cc2c1. The van der Waals surface area contributed by atoms with E-state index in [0.29, 0.717) is 11.6 Å². The second kappa shape index (κ2) is 7.27. The molecule has 0 spiro atoms. The van der Waals surface area contributed by atoms with Crippen molar-refractivity contribution in [1.82, 2.24) is 24.7 Å². The van der Waals surface area contributed by atoms with Gasteiger partial charge >= 0.3 is 6.09 Å². The Kier molecular flexibility index (Phi) is 4.54. The molecule has 162 valence electrons. The summed E-state index contributed by atoms with van der Waals surface area (Å²) in [6.07, 6.45) is 4.16. The van der Waals surface area contributed by atoms with E-state index in [2.05, 4.69) is 20.8 Å². The van der Waals surface area contributed by atoms with Gasteiger partial charge in [-0.15, -0.1) is 0 Å². The Bertz CT molecular complexity index is 1160. The first kappa shape index (κ1) is 19.4. The number of hydrogen-bond acceptors (Lipinski definition) is 6. The molecule has 2 aliphatic rings. The minimum Gasteiger partial charge on any atom is -0.487 e. The molecule has 1 saturated heterocycles. The van der Waals surface area contributed by atoms with Gasteiger partial charge in [0, 0.05) is 30.8 Å². The van der Waals surface area contributed by atoms with Gasteiger partial charge in [0.25, 0.3) is 0 Å². The molecule has 5 rings (SSSR count). The molecule has 2 fully saturated rings. The fraction of sp³-hybridized carbons (Fsp3) is 0.400. The topological polar surface area (TPSA) is 132 Å². The summed E-state index contributed by atoms with van der Waals surface area (Å²) in [5.41, 5.74) is 1.65. The van der Waals surface area contributed by atoms with Crippen LogP contribution in [0.3, 0.4) is 0 Å². The van der Waals surface area contributed by atoms with Crippen LogP contribution >= 0.6 is 0 Å². The maximum atomic E-state index is 12.0. The van der Waals surface area contributed by atoms with Gasteiger partial charge in [-0.25, -0.2) is 9.31 Å². The molecule has 0 unspecified atom stereocenters. The zero-order chi connectivity index (χ0) is 21.6. The van der Waals surface area contributed by atoms with E-state index in [1.807, 2.05) is 31.4 Å². The molecule has 1 saturated carbocycles. The molecular weight excluding hydrogens is 404 g/mol. The number of carbonyl (C=O) groups excluding carboxylic acids is 1. The molecule has 3 aromatic rings. The van der Waals surface area contributed by atoms with Crippen molar-refractivity contribution in [2.75, 3.05) is 25.1 Å². The lowest BCUT2D eigenvalue weighted by atomic mass is 9.99. The minimum absolute atomic E-state index is 0.00910. The number of hydrogen-bond donors (Lipinski definition) is 3. The first-order chi connectivity index (χ1) is 14.9. The predicted octanol–water partition coefficient (Wildman–Crippen LogP) is 1.50. The molecule has 3 aromatic heterocycles. The monoisotopic (exact) mass is 426 g/mol. The van der Waals surface area contributed by atoms with Crippen LogP contribution in [0.2, 0.25) is 0 Å². The average Bonchev–Trinajstić information content (AvgIpc) is 3.38. The van der Waals surface area contributed by atoms with Gasteiger partial charge in [-0.1, -0.05) is 0 Å². The van der Waals surface area contributed by atoms with Crippen molar-refractivity contribution < 1.29 is 24.2 Å². The molecule has 31 heavy (non-hydrogen) atoms. The van der Waals surface area contributed by atoms with Gasteiger partial charge in [0.1, 0.15) is 17.8 Å². The van der Waals surface area contributed by atoms with Crippen molar-refractivity contribution in [3.05, 3.63) is 30.6 Å². The van der Waals surface area contributed by atoms with Crippen molar-refractivity contribution in [3.8, 4) is 17.0 Å². The quantitative estimate of drug-likeness (QED) is 0.522. The molecule has 0 radical (unpaired) electrons. The van der Waals surface area contributed by atoms with E-state index >= 15 is 0 Å². The third-order valence-electron chi connectivity index (χ3n) is 5.47. The Hall–Kier alpha value is -3.60. The number of pyridine rings is 1. The van der Waals surface area contributed by atoms with E-state index in [9.17, 15) is 9.59 Å². The number of carbonyl (C=O) groups is 2. The van der Waals surface area contributed by atoms with Gasteiger partial charge in [0.15, 0.2) is 11.6 Å². The van der Waals surface area contributed by atoms with Gasteiger partial charge in [0.05, 0.1) is 24.9 Å². The summed E-state index contributed by atoms with van der Waals surface area (Å²) in [6.45, 7) is 0.641. The van der Waals surface area contributed by atoms with Crippen molar-refractivity contribution in [2.45, 2.75) is 18.4 Å². The molecule has 0 atom stereocenters. The molecule has 11 nitrogen and oxygen atoms in total. The summed E-state index contributed by atoms with van der Waals surface area (Å²) < 4.78 is 14.5. The summed E-state index contributed by atoms with van der Waals surface area (Å²) in [4.78, 5) is 23.1. The second-order valence-corrected chi connectivity index (χ2v) is 8.05. The van der Waals surface area contributed by atoms with Crippen molar-refractivity contribution in [2.24, 2.45) is 13.0 Å². The van der Waals surface area contributed by atoms with Crippen LogP contribution in [-0.2, 0) is 16.6 Å². The summed E-state index contributed by atoms with van der Waals surface area (Å²) in [5, 5.41) is 23.1. The van der Waals surface area contributed by atoms with E-state index in [0.717, 1.165) is 29.6 Å². The van der Waals surface area contributed by atoms with Gasteiger partial charge in [-0.05, 0) is 25.0 Å². The highest BCUT2D eigenvalue weighted by Crippen LogP contribution is 2.33. The first-order valence-corrected chi connectivity index (χ1v) is 9.97. The van der Waals surface area contributed by atoms with Crippen LogP contribution in [0.15, 0.2) is 30.6 Å².